The van der Waals surface area contributed by atoms with Crippen LogP contribution in [-0.2, 0) is 0 Å². The maximum Gasteiger partial charge on any atom is 0.343 e. The van der Waals surface area contributed by atoms with Crippen LogP contribution < -0.4 is 14.2 Å². The highest BCUT2D eigenvalue weighted by atomic mass is 16.5. The van der Waals surface area contributed by atoms with Crippen LogP contribution in [0.3, 0.4) is 0 Å². The number of methoxy groups -OCH3 is 1. The van der Waals surface area contributed by atoms with Crippen molar-refractivity contribution < 1.29 is 38.2 Å². The average Bonchev–Trinajstić information content (AvgIpc) is 3.08. The van der Waals surface area contributed by atoms with Crippen molar-refractivity contribution in [1.29, 1.82) is 0 Å². The molecule has 0 aliphatic heterocycles. The summed E-state index contributed by atoms with van der Waals surface area (Å²) >= 11 is 0. The van der Waals surface area contributed by atoms with Crippen LogP contribution in [0.25, 0.3) is 11.1 Å². The molecule has 0 aromatic heterocycles. The van der Waals surface area contributed by atoms with Gasteiger partial charge in [-0.2, -0.15) is 0 Å². The molecule has 0 N–H and O–H groups in total. The van der Waals surface area contributed by atoms with Gasteiger partial charge in [0, 0.05) is 16.7 Å². The number of benzene rings is 5. The molecule has 0 heterocycles. The summed E-state index contributed by atoms with van der Waals surface area (Å²) in [5.74, 6) is -1.35. The van der Waals surface area contributed by atoms with Gasteiger partial charge in [-0.15, -0.1) is 0 Å². The molecule has 8 heteroatoms. The highest BCUT2D eigenvalue weighted by Gasteiger charge is 2.19. The van der Waals surface area contributed by atoms with E-state index in [1.807, 2.05) is 12.1 Å². The van der Waals surface area contributed by atoms with E-state index in [1.165, 1.54) is 55.5 Å². The molecule has 0 bridgehead atoms. The van der Waals surface area contributed by atoms with Crippen LogP contribution in [0.2, 0.25) is 0 Å². The molecule has 0 atom stereocenters. The van der Waals surface area contributed by atoms with Gasteiger partial charge in [0.25, 0.3) is 0 Å². The second-order valence-corrected chi connectivity index (χ2v) is 9.93. The van der Waals surface area contributed by atoms with Crippen molar-refractivity contribution in [3.8, 4) is 28.4 Å². The van der Waals surface area contributed by atoms with Crippen molar-refractivity contribution in [3.63, 3.8) is 0 Å². The van der Waals surface area contributed by atoms with Gasteiger partial charge in [0.2, 0.25) is 11.6 Å². The van der Waals surface area contributed by atoms with E-state index in [-0.39, 0.29) is 22.5 Å². The Balaban J connectivity index is 1.17. The minimum Gasteiger partial charge on any atom is -0.497 e. The van der Waals surface area contributed by atoms with E-state index in [1.54, 1.807) is 67.8 Å². The Bertz CT molecular complexity index is 1870. The number of ether oxygens (including phenoxy) is 3. The zero-order chi connectivity index (χ0) is 31.9. The summed E-state index contributed by atoms with van der Waals surface area (Å²) in [4.78, 5) is 61.8. The van der Waals surface area contributed by atoms with Crippen LogP contribution in [0.1, 0.15) is 58.7 Å². The molecule has 0 radical (unpaired) electrons. The fourth-order valence-corrected chi connectivity index (χ4v) is 4.37. The number of rotatable bonds is 10. The lowest BCUT2D eigenvalue weighted by Gasteiger charge is -2.08. The number of Topliss-reactive ketones (excluding diaryl/α,β-unsaturated/α-hetero) is 3. The van der Waals surface area contributed by atoms with Gasteiger partial charge < -0.3 is 14.2 Å². The first kappa shape index (κ1) is 30.3. The molecule has 0 aliphatic carbocycles. The van der Waals surface area contributed by atoms with Crippen LogP contribution in [-0.4, -0.2) is 36.4 Å². The molecular formula is C37H26O8. The first-order chi connectivity index (χ1) is 21.7. The summed E-state index contributed by atoms with van der Waals surface area (Å²) in [5, 5.41) is 0. The molecule has 0 saturated carbocycles. The number of carbonyl (C=O) groups excluding carboxylic acids is 5. The van der Waals surface area contributed by atoms with Gasteiger partial charge >= 0.3 is 11.9 Å². The van der Waals surface area contributed by atoms with Gasteiger partial charge in [-0.25, -0.2) is 9.59 Å². The summed E-state index contributed by atoms with van der Waals surface area (Å²) in [6, 6.07) is 32.0. The average molecular weight is 599 g/mol. The Morgan fingerprint density at radius 2 is 0.711 bits per heavy atom. The molecule has 45 heavy (non-hydrogen) atoms. The number of carbonyl (C=O) groups is 5. The van der Waals surface area contributed by atoms with Crippen molar-refractivity contribution >= 4 is 29.3 Å². The maximum absolute atomic E-state index is 12.7. The Morgan fingerprint density at radius 1 is 0.400 bits per heavy atom. The Morgan fingerprint density at radius 3 is 1.07 bits per heavy atom. The SMILES string of the molecule is COc1ccc(C(=O)Oc2ccc(-c3ccc(OC(=O)c4ccc(C(=O)C(=O)c5ccc(C(C)=O)cc5)cc4)cc3)cc2)cc1. The molecule has 8 nitrogen and oxygen atoms in total. The smallest absolute Gasteiger partial charge is 0.343 e. The zero-order valence-electron chi connectivity index (χ0n) is 24.3. The Labute approximate surface area is 258 Å². The second-order valence-electron chi connectivity index (χ2n) is 9.93. The second kappa shape index (κ2) is 13.4. The summed E-state index contributed by atoms with van der Waals surface area (Å²) in [7, 11) is 1.55. The van der Waals surface area contributed by atoms with E-state index in [2.05, 4.69) is 0 Å². The summed E-state index contributed by atoms with van der Waals surface area (Å²) in [6.45, 7) is 1.41. The molecule has 0 aliphatic rings. The monoisotopic (exact) mass is 598 g/mol. The van der Waals surface area contributed by atoms with E-state index in [0.29, 0.717) is 28.4 Å². The van der Waals surface area contributed by atoms with Crippen LogP contribution >= 0.6 is 0 Å². The van der Waals surface area contributed by atoms with Crippen LogP contribution in [0.4, 0.5) is 0 Å². The largest absolute Gasteiger partial charge is 0.497 e. The standard InChI is InChI=1S/C37H26O8/c1-23(38)24-3-5-27(6-4-24)34(39)35(40)28-7-9-29(10-8-28)36(41)44-32-19-11-25(12-20-32)26-13-21-33(22-14-26)45-37(42)30-15-17-31(43-2)18-16-30/h3-22H,1-2H3. The Kier molecular flexibility index (Phi) is 9.05. The third kappa shape index (κ3) is 7.26. The van der Waals surface area contributed by atoms with Crippen LogP contribution in [0, 0.1) is 0 Å². The fourth-order valence-electron chi connectivity index (χ4n) is 4.37. The lowest BCUT2D eigenvalue weighted by Crippen LogP contribution is -2.15. The van der Waals surface area contributed by atoms with Gasteiger partial charge in [0.15, 0.2) is 5.78 Å². The highest BCUT2D eigenvalue weighted by Crippen LogP contribution is 2.26. The molecule has 0 amide bonds. The van der Waals surface area contributed by atoms with Gasteiger partial charge in [-0.1, -0.05) is 60.7 Å². The molecule has 5 aromatic carbocycles. The molecular weight excluding hydrogens is 572 g/mol. The molecule has 0 saturated heterocycles. The minimum absolute atomic E-state index is 0.123. The third-order valence-electron chi connectivity index (χ3n) is 6.93. The van der Waals surface area contributed by atoms with Crippen LogP contribution in [0.15, 0.2) is 121 Å². The molecule has 222 valence electrons. The van der Waals surface area contributed by atoms with Crippen molar-refractivity contribution in [2.45, 2.75) is 6.92 Å². The molecule has 5 aromatic rings. The van der Waals surface area contributed by atoms with Gasteiger partial charge in [0.1, 0.15) is 17.2 Å². The normalized spacial score (nSPS) is 10.4. The number of esters is 2. The molecule has 0 spiro atoms. The van der Waals surface area contributed by atoms with Gasteiger partial charge in [0.05, 0.1) is 18.2 Å². The minimum atomic E-state index is -0.732. The van der Waals surface area contributed by atoms with Crippen molar-refractivity contribution in [1.82, 2.24) is 0 Å². The lowest BCUT2D eigenvalue weighted by atomic mass is 9.99. The first-order valence-electron chi connectivity index (χ1n) is 13.8. The number of hydrogen-bond donors (Lipinski definition) is 0. The molecule has 0 fully saturated rings. The van der Waals surface area contributed by atoms with Crippen molar-refractivity contribution in [2.75, 3.05) is 7.11 Å². The quantitative estimate of drug-likeness (QED) is 0.0726. The Hall–Kier alpha value is -6.15. The predicted molar refractivity (Wildman–Crippen MR) is 166 cm³/mol. The summed E-state index contributed by atoms with van der Waals surface area (Å²) in [5.41, 5.74) is 3.05. The number of ketones is 3. The van der Waals surface area contributed by atoms with Crippen molar-refractivity contribution in [3.05, 3.63) is 149 Å². The maximum atomic E-state index is 12.7. The van der Waals surface area contributed by atoms with E-state index < -0.39 is 23.5 Å². The van der Waals surface area contributed by atoms with E-state index in [4.69, 9.17) is 14.2 Å². The van der Waals surface area contributed by atoms with E-state index in [9.17, 15) is 24.0 Å². The molecule has 0 unspecified atom stereocenters. The topological polar surface area (TPSA) is 113 Å². The van der Waals surface area contributed by atoms with Gasteiger partial charge in [-0.3, -0.25) is 14.4 Å². The number of hydrogen-bond acceptors (Lipinski definition) is 8. The summed E-state index contributed by atoms with van der Waals surface area (Å²) < 4.78 is 16.0. The predicted octanol–water partition coefficient (Wildman–Crippen LogP) is 7.07. The lowest BCUT2D eigenvalue weighted by molar-refractivity contribution is 0.0725. The van der Waals surface area contributed by atoms with Crippen molar-refractivity contribution in [2.24, 2.45) is 0 Å². The molecule has 5 rings (SSSR count). The fraction of sp³-hybridized carbons (Fsp3) is 0.0541. The van der Waals surface area contributed by atoms with Gasteiger partial charge in [-0.05, 0) is 78.7 Å². The third-order valence-corrected chi connectivity index (χ3v) is 6.93. The highest BCUT2D eigenvalue weighted by molar-refractivity contribution is 6.49. The van der Waals surface area contributed by atoms with E-state index in [0.717, 1.165) is 11.1 Å². The first-order valence-corrected chi connectivity index (χ1v) is 13.8. The van der Waals surface area contributed by atoms with E-state index >= 15 is 0 Å². The summed E-state index contributed by atoms with van der Waals surface area (Å²) in [6.07, 6.45) is 0. The zero-order valence-corrected chi connectivity index (χ0v) is 24.3. The van der Waals surface area contributed by atoms with Crippen LogP contribution in [0.5, 0.6) is 17.2 Å².